The van der Waals surface area contributed by atoms with Gasteiger partial charge < -0.3 is 11.1 Å². The average Bonchev–Trinajstić information content (AvgIpc) is 3.18. The van der Waals surface area contributed by atoms with Crippen LogP contribution in [0.4, 0.5) is 11.5 Å². The SMILES string of the molecule is C[C@H]1CC[C@H](Nc2cc(N)nc3cc(-c4ccn[nH]4)sc23)CC1. The third-order valence-electron chi connectivity index (χ3n) is 4.64. The van der Waals surface area contributed by atoms with Gasteiger partial charge in [0.1, 0.15) is 5.82 Å². The van der Waals surface area contributed by atoms with Crippen LogP contribution in [-0.2, 0) is 0 Å². The van der Waals surface area contributed by atoms with Crippen LogP contribution < -0.4 is 11.1 Å². The molecule has 0 atom stereocenters. The molecule has 5 nitrogen and oxygen atoms in total. The van der Waals surface area contributed by atoms with E-state index in [2.05, 4.69) is 33.5 Å². The minimum absolute atomic E-state index is 0.536. The van der Waals surface area contributed by atoms with E-state index < -0.39 is 0 Å². The predicted molar refractivity (Wildman–Crippen MR) is 96.7 cm³/mol. The molecule has 4 rings (SSSR count). The molecule has 1 fully saturated rings. The summed E-state index contributed by atoms with van der Waals surface area (Å²) in [5.74, 6) is 1.42. The smallest absolute Gasteiger partial charge is 0.126 e. The van der Waals surface area contributed by atoms with Crippen molar-refractivity contribution in [2.45, 2.75) is 38.6 Å². The highest BCUT2D eigenvalue weighted by molar-refractivity contribution is 7.22. The van der Waals surface area contributed by atoms with E-state index in [4.69, 9.17) is 5.73 Å². The number of nitrogens with zero attached hydrogens (tertiary/aromatic N) is 2. The van der Waals surface area contributed by atoms with E-state index in [1.54, 1.807) is 17.5 Å². The first-order valence-electron chi connectivity index (χ1n) is 8.15. The Morgan fingerprint density at radius 1 is 1.26 bits per heavy atom. The van der Waals surface area contributed by atoms with E-state index in [1.165, 1.54) is 30.4 Å². The van der Waals surface area contributed by atoms with Crippen LogP contribution in [-0.4, -0.2) is 21.2 Å². The molecule has 1 saturated carbocycles. The van der Waals surface area contributed by atoms with E-state index in [-0.39, 0.29) is 0 Å². The van der Waals surface area contributed by atoms with Gasteiger partial charge in [-0.25, -0.2) is 4.98 Å². The standard InChI is InChI=1S/C17H21N5S/c1-10-2-4-11(5-3-10)20-14-9-16(18)21-13-8-15(23-17(13)14)12-6-7-19-22-12/h6-11H,2-5H2,1H3,(H,19,22)(H3,18,20,21)/t10-,11-. The lowest BCUT2D eigenvalue weighted by Crippen LogP contribution is -2.25. The number of aromatic amines is 1. The normalized spacial score (nSPS) is 21.6. The van der Waals surface area contributed by atoms with E-state index in [1.807, 2.05) is 12.1 Å². The average molecular weight is 327 g/mol. The van der Waals surface area contributed by atoms with Crippen LogP contribution in [0.5, 0.6) is 0 Å². The van der Waals surface area contributed by atoms with Crippen LogP contribution in [0.2, 0.25) is 0 Å². The Morgan fingerprint density at radius 2 is 2.09 bits per heavy atom. The van der Waals surface area contributed by atoms with Gasteiger partial charge in [-0.2, -0.15) is 5.10 Å². The number of thiophene rings is 1. The van der Waals surface area contributed by atoms with E-state index in [0.29, 0.717) is 11.9 Å². The van der Waals surface area contributed by atoms with Crippen LogP contribution in [0, 0.1) is 5.92 Å². The molecule has 0 radical (unpaired) electrons. The number of nitrogens with two attached hydrogens (primary N) is 1. The highest BCUT2D eigenvalue weighted by Gasteiger charge is 2.20. The van der Waals surface area contributed by atoms with Gasteiger partial charge in [-0.1, -0.05) is 6.92 Å². The maximum Gasteiger partial charge on any atom is 0.126 e. The Morgan fingerprint density at radius 3 is 2.83 bits per heavy atom. The topological polar surface area (TPSA) is 79.6 Å². The van der Waals surface area contributed by atoms with Crippen LogP contribution in [0.25, 0.3) is 20.8 Å². The molecular formula is C17H21N5S. The summed E-state index contributed by atoms with van der Waals surface area (Å²) in [6.07, 6.45) is 6.81. The maximum atomic E-state index is 6.01. The van der Waals surface area contributed by atoms with Crippen LogP contribution >= 0.6 is 11.3 Å². The largest absolute Gasteiger partial charge is 0.384 e. The Balaban J connectivity index is 1.68. The number of aromatic nitrogens is 3. The van der Waals surface area contributed by atoms with Crippen molar-refractivity contribution < 1.29 is 0 Å². The minimum Gasteiger partial charge on any atom is -0.384 e. The van der Waals surface area contributed by atoms with Crippen molar-refractivity contribution in [3.05, 3.63) is 24.4 Å². The number of nitrogens with one attached hydrogen (secondary N) is 2. The summed E-state index contributed by atoms with van der Waals surface area (Å²) in [6.45, 7) is 2.34. The summed E-state index contributed by atoms with van der Waals surface area (Å²) in [6, 6.07) is 6.56. The number of nitrogen functional groups attached to an aromatic ring is 1. The first-order valence-corrected chi connectivity index (χ1v) is 8.97. The molecule has 3 aromatic heterocycles. The first kappa shape index (κ1) is 14.5. The summed E-state index contributed by atoms with van der Waals surface area (Å²) < 4.78 is 1.17. The molecule has 0 bridgehead atoms. The zero-order chi connectivity index (χ0) is 15.8. The second kappa shape index (κ2) is 5.85. The molecule has 0 amide bonds. The van der Waals surface area contributed by atoms with Gasteiger partial charge in [0.25, 0.3) is 0 Å². The predicted octanol–water partition coefficient (Wildman–Crippen LogP) is 4.26. The molecule has 3 aromatic rings. The highest BCUT2D eigenvalue weighted by Crippen LogP contribution is 2.38. The maximum absolute atomic E-state index is 6.01. The fourth-order valence-electron chi connectivity index (χ4n) is 3.30. The lowest BCUT2D eigenvalue weighted by Gasteiger charge is -2.28. The Hall–Kier alpha value is -2.08. The van der Waals surface area contributed by atoms with Gasteiger partial charge in [0.05, 0.1) is 26.5 Å². The molecule has 1 aliphatic carbocycles. The number of pyridine rings is 1. The van der Waals surface area contributed by atoms with E-state index in [0.717, 1.165) is 27.7 Å². The molecule has 0 aromatic carbocycles. The molecule has 3 heterocycles. The van der Waals surface area contributed by atoms with Gasteiger partial charge in [0.15, 0.2) is 0 Å². The molecule has 4 N–H and O–H groups in total. The van der Waals surface area contributed by atoms with Gasteiger partial charge in [-0.3, -0.25) is 5.10 Å². The lowest BCUT2D eigenvalue weighted by molar-refractivity contribution is 0.361. The van der Waals surface area contributed by atoms with Crippen LogP contribution in [0.3, 0.4) is 0 Å². The number of H-pyrrole nitrogens is 1. The number of hydrogen-bond acceptors (Lipinski definition) is 5. The summed E-state index contributed by atoms with van der Waals surface area (Å²) in [5.41, 5.74) is 9.09. The minimum atomic E-state index is 0.536. The molecule has 1 aliphatic rings. The lowest BCUT2D eigenvalue weighted by atomic mass is 9.87. The van der Waals surface area contributed by atoms with Crippen molar-refractivity contribution in [3.63, 3.8) is 0 Å². The van der Waals surface area contributed by atoms with E-state index in [9.17, 15) is 0 Å². The zero-order valence-electron chi connectivity index (χ0n) is 13.2. The fourth-order valence-corrected chi connectivity index (χ4v) is 4.35. The molecule has 120 valence electrons. The second-order valence-corrected chi connectivity index (χ2v) is 7.54. The number of rotatable bonds is 3. The Kier molecular flexibility index (Phi) is 3.69. The van der Waals surface area contributed by atoms with E-state index >= 15 is 0 Å². The van der Waals surface area contributed by atoms with Crippen molar-refractivity contribution in [2.24, 2.45) is 5.92 Å². The number of fused-ring (bicyclic) bond motifs is 1. The van der Waals surface area contributed by atoms with Gasteiger partial charge in [-0.15, -0.1) is 11.3 Å². The van der Waals surface area contributed by atoms with Gasteiger partial charge in [0, 0.05) is 18.3 Å². The molecule has 0 unspecified atom stereocenters. The van der Waals surface area contributed by atoms with Gasteiger partial charge >= 0.3 is 0 Å². The van der Waals surface area contributed by atoms with Gasteiger partial charge in [0.2, 0.25) is 0 Å². The summed E-state index contributed by atoms with van der Waals surface area (Å²) >= 11 is 1.73. The molecule has 0 spiro atoms. The monoisotopic (exact) mass is 327 g/mol. The van der Waals surface area contributed by atoms with Gasteiger partial charge in [-0.05, 0) is 43.7 Å². The summed E-state index contributed by atoms with van der Waals surface area (Å²) in [5, 5.41) is 10.8. The number of anilines is 2. The van der Waals surface area contributed by atoms with Crippen molar-refractivity contribution in [2.75, 3.05) is 11.1 Å². The third-order valence-corrected chi connectivity index (χ3v) is 5.83. The molecule has 0 aliphatic heterocycles. The Labute approximate surface area is 139 Å². The zero-order valence-corrected chi connectivity index (χ0v) is 14.0. The highest BCUT2D eigenvalue weighted by atomic mass is 32.1. The summed E-state index contributed by atoms with van der Waals surface area (Å²) in [4.78, 5) is 5.62. The fraction of sp³-hybridized carbons (Fsp3) is 0.412. The van der Waals surface area contributed by atoms with Crippen LogP contribution in [0.15, 0.2) is 24.4 Å². The third kappa shape index (κ3) is 2.91. The quantitative estimate of drug-likeness (QED) is 0.671. The first-order chi connectivity index (χ1) is 11.2. The number of hydrogen-bond donors (Lipinski definition) is 3. The molecule has 0 saturated heterocycles. The second-order valence-electron chi connectivity index (χ2n) is 6.49. The van der Waals surface area contributed by atoms with Crippen molar-refractivity contribution in [3.8, 4) is 10.6 Å². The van der Waals surface area contributed by atoms with Crippen molar-refractivity contribution in [1.29, 1.82) is 0 Å². The van der Waals surface area contributed by atoms with Crippen molar-refractivity contribution in [1.82, 2.24) is 15.2 Å². The molecule has 6 heteroatoms. The van der Waals surface area contributed by atoms with Crippen LogP contribution in [0.1, 0.15) is 32.6 Å². The Bertz CT molecular complexity index is 800. The molecular weight excluding hydrogens is 306 g/mol. The molecule has 23 heavy (non-hydrogen) atoms. The van der Waals surface area contributed by atoms with Crippen molar-refractivity contribution >= 4 is 33.1 Å². The summed E-state index contributed by atoms with van der Waals surface area (Å²) in [7, 11) is 0.